The molecule has 0 amide bonds. The van der Waals surface area contributed by atoms with Crippen molar-refractivity contribution in [1.29, 1.82) is 0 Å². The van der Waals surface area contributed by atoms with Crippen LogP contribution in [0.3, 0.4) is 0 Å². The Morgan fingerprint density at radius 3 is 1.58 bits per heavy atom. The van der Waals surface area contributed by atoms with Gasteiger partial charge in [-0.3, -0.25) is 0 Å². The first-order valence-corrected chi connectivity index (χ1v) is 8.49. The first kappa shape index (κ1) is 18.9. The summed E-state index contributed by atoms with van der Waals surface area (Å²) in [5.41, 5.74) is 0. The number of unbranched alkanes of at least 4 members (excludes halogenated alkanes) is 8. The lowest BCUT2D eigenvalue weighted by atomic mass is 9.99. The first-order valence-electron chi connectivity index (χ1n) is 8.49. The smallest absolute Gasteiger partial charge is 0.0770 e. The van der Waals surface area contributed by atoms with Gasteiger partial charge < -0.3 is 10.2 Å². The van der Waals surface area contributed by atoms with E-state index >= 15 is 0 Å². The van der Waals surface area contributed by atoms with Crippen molar-refractivity contribution < 1.29 is 10.2 Å². The first-order chi connectivity index (χ1) is 9.20. The molecule has 0 aromatic rings. The third kappa shape index (κ3) is 14.1. The molecule has 0 spiro atoms. The summed E-state index contributed by atoms with van der Waals surface area (Å²) < 4.78 is 0. The SMILES string of the molecule is CC[C@H](C)CCCCCCCCCCC[C@H](O)CO. The van der Waals surface area contributed by atoms with Gasteiger partial charge in [-0.25, -0.2) is 0 Å². The molecule has 0 saturated heterocycles. The zero-order valence-corrected chi connectivity index (χ0v) is 13.2. The summed E-state index contributed by atoms with van der Waals surface area (Å²) in [5, 5.41) is 17.9. The molecule has 2 nitrogen and oxygen atoms in total. The highest BCUT2D eigenvalue weighted by Gasteiger charge is 2.01. The van der Waals surface area contributed by atoms with E-state index in [4.69, 9.17) is 5.11 Å². The van der Waals surface area contributed by atoms with Gasteiger partial charge >= 0.3 is 0 Å². The lowest BCUT2D eigenvalue weighted by molar-refractivity contribution is 0.0860. The van der Waals surface area contributed by atoms with Crippen molar-refractivity contribution in [3.63, 3.8) is 0 Å². The van der Waals surface area contributed by atoms with Gasteiger partial charge in [0.25, 0.3) is 0 Å². The number of rotatable bonds is 14. The second-order valence-electron chi connectivity index (χ2n) is 6.11. The van der Waals surface area contributed by atoms with Crippen LogP contribution in [0.2, 0.25) is 0 Å². The second-order valence-corrected chi connectivity index (χ2v) is 6.11. The van der Waals surface area contributed by atoms with Crippen LogP contribution < -0.4 is 0 Å². The van der Waals surface area contributed by atoms with E-state index < -0.39 is 6.10 Å². The minimum Gasteiger partial charge on any atom is -0.394 e. The Hall–Kier alpha value is -0.0800. The summed E-state index contributed by atoms with van der Waals surface area (Å²) in [5.74, 6) is 0.911. The highest BCUT2D eigenvalue weighted by atomic mass is 16.3. The number of hydrogen-bond acceptors (Lipinski definition) is 2. The van der Waals surface area contributed by atoms with Gasteiger partial charge in [-0.05, 0) is 12.3 Å². The third-order valence-electron chi connectivity index (χ3n) is 4.14. The maximum Gasteiger partial charge on any atom is 0.0770 e. The van der Waals surface area contributed by atoms with E-state index in [9.17, 15) is 5.11 Å². The lowest BCUT2D eigenvalue weighted by Crippen LogP contribution is -2.10. The minimum atomic E-state index is -0.495. The molecule has 2 N–H and O–H groups in total. The molecule has 0 saturated carbocycles. The van der Waals surface area contributed by atoms with Crippen LogP contribution in [0.15, 0.2) is 0 Å². The molecule has 0 bridgehead atoms. The molecule has 0 aliphatic carbocycles. The van der Waals surface area contributed by atoms with Crippen molar-refractivity contribution in [3.8, 4) is 0 Å². The molecular formula is C17H36O2. The van der Waals surface area contributed by atoms with Crippen molar-refractivity contribution in [1.82, 2.24) is 0 Å². The summed E-state index contributed by atoms with van der Waals surface area (Å²) >= 11 is 0. The van der Waals surface area contributed by atoms with Crippen LogP contribution in [0, 0.1) is 5.92 Å². The normalized spacial score (nSPS) is 14.5. The molecule has 0 rings (SSSR count). The van der Waals surface area contributed by atoms with Gasteiger partial charge in [-0.1, -0.05) is 84.5 Å². The zero-order chi connectivity index (χ0) is 14.3. The van der Waals surface area contributed by atoms with Gasteiger partial charge in [0, 0.05) is 0 Å². The zero-order valence-electron chi connectivity index (χ0n) is 13.2. The summed E-state index contributed by atoms with van der Waals surface area (Å²) in [4.78, 5) is 0. The Labute approximate surface area is 120 Å². The Balaban J connectivity index is 3.03. The van der Waals surface area contributed by atoms with Crippen LogP contribution in [0.25, 0.3) is 0 Å². The Morgan fingerprint density at radius 2 is 1.16 bits per heavy atom. The molecule has 0 aliphatic rings. The summed E-state index contributed by atoms with van der Waals surface area (Å²) in [6, 6.07) is 0. The third-order valence-corrected chi connectivity index (χ3v) is 4.14. The van der Waals surface area contributed by atoms with Crippen LogP contribution >= 0.6 is 0 Å². The fourth-order valence-corrected chi connectivity index (χ4v) is 2.41. The molecule has 0 radical (unpaired) electrons. The van der Waals surface area contributed by atoms with E-state index in [-0.39, 0.29) is 6.61 Å². The Kier molecular flexibility index (Phi) is 14.3. The topological polar surface area (TPSA) is 40.5 Å². The largest absolute Gasteiger partial charge is 0.394 e. The van der Waals surface area contributed by atoms with Crippen LogP contribution in [-0.2, 0) is 0 Å². The van der Waals surface area contributed by atoms with Gasteiger partial charge in [-0.2, -0.15) is 0 Å². The van der Waals surface area contributed by atoms with Gasteiger partial charge in [0.15, 0.2) is 0 Å². The number of aliphatic hydroxyl groups excluding tert-OH is 2. The van der Waals surface area contributed by atoms with Crippen molar-refractivity contribution in [2.24, 2.45) is 5.92 Å². The highest BCUT2D eigenvalue weighted by Crippen LogP contribution is 2.15. The molecule has 0 heterocycles. The van der Waals surface area contributed by atoms with Crippen LogP contribution in [0.5, 0.6) is 0 Å². The van der Waals surface area contributed by atoms with E-state index in [2.05, 4.69) is 13.8 Å². The average molecular weight is 272 g/mol. The average Bonchev–Trinajstić information content (AvgIpc) is 2.43. The number of hydrogen-bond donors (Lipinski definition) is 2. The van der Waals surface area contributed by atoms with E-state index in [1.54, 1.807) is 0 Å². The van der Waals surface area contributed by atoms with E-state index in [0.717, 1.165) is 18.8 Å². The van der Waals surface area contributed by atoms with Gasteiger partial charge in [-0.15, -0.1) is 0 Å². The minimum absolute atomic E-state index is 0.0867. The maximum absolute atomic E-state index is 9.19. The van der Waals surface area contributed by atoms with Crippen LogP contribution in [0.1, 0.15) is 90.9 Å². The fourth-order valence-electron chi connectivity index (χ4n) is 2.41. The highest BCUT2D eigenvalue weighted by molar-refractivity contribution is 4.54. The van der Waals surface area contributed by atoms with Gasteiger partial charge in [0.05, 0.1) is 12.7 Å². The van der Waals surface area contributed by atoms with E-state index in [1.807, 2.05) is 0 Å². The summed E-state index contributed by atoms with van der Waals surface area (Å²) in [6.45, 7) is 4.55. The molecular weight excluding hydrogens is 236 g/mol. The predicted octanol–water partition coefficient (Wildman–Crippen LogP) is 4.68. The maximum atomic E-state index is 9.19. The molecule has 2 atom stereocenters. The van der Waals surface area contributed by atoms with Crippen LogP contribution in [0.4, 0.5) is 0 Å². The Morgan fingerprint density at radius 1 is 0.737 bits per heavy atom. The van der Waals surface area contributed by atoms with Crippen molar-refractivity contribution in [2.75, 3.05) is 6.61 Å². The van der Waals surface area contributed by atoms with Crippen molar-refractivity contribution in [3.05, 3.63) is 0 Å². The van der Waals surface area contributed by atoms with Crippen molar-refractivity contribution in [2.45, 2.75) is 97.0 Å². The molecule has 0 aromatic heterocycles. The molecule has 2 heteroatoms. The van der Waals surface area contributed by atoms with E-state index in [1.165, 1.54) is 64.2 Å². The molecule has 116 valence electrons. The molecule has 0 aromatic carbocycles. The van der Waals surface area contributed by atoms with Gasteiger partial charge in [0.2, 0.25) is 0 Å². The second kappa shape index (κ2) is 14.3. The summed E-state index contributed by atoms with van der Waals surface area (Å²) in [6.07, 6.45) is 14.8. The van der Waals surface area contributed by atoms with Crippen molar-refractivity contribution >= 4 is 0 Å². The lowest BCUT2D eigenvalue weighted by Gasteiger charge is -2.07. The fraction of sp³-hybridized carbons (Fsp3) is 1.00. The molecule has 0 unspecified atom stereocenters. The monoisotopic (exact) mass is 272 g/mol. The van der Waals surface area contributed by atoms with Crippen LogP contribution in [-0.4, -0.2) is 22.9 Å². The Bertz CT molecular complexity index is 153. The predicted molar refractivity (Wildman–Crippen MR) is 83.3 cm³/mol. The summed E-state index contributed by atoms with van der Waals surface area (Å²) in [7, 11) is 0. The molecule has 0 aliphatic heterocycles. The molecule has 0 fully saturated rings. The van der Waals surface area contributed by atoms with E-state index in [0.29, 0.717) is 0 Å². The number of aliphatic hydroxyl groups is 2. The standard InChI is InChI=1S/C17H36O2/c1-3-16(2)13-11-9-7-5-4-6-8-10-12-14-17(19)15-18/h16-19H,3-15H2,1-2H3/t16-,17-/m0/s1. The van der Waals surface area contributed by atoms with Gasteiger partial charge in [0.1, 0.15) is 0 Å². The molecule has 19 heavy (non-hydrogen) atoms. The quantitative estimate of drug-likeness (QED) is 0.451.